The Morgan fingerprint density at radius 3 is 2.35 bits per heavy atom. The zero-order valence-corrected chi connectivity index (χ0v) is 10.8. The van der Waals surface area contributed by atoms with E-state index in [4.69, 9.17) is 10.00 Å². The normalized spacial score (nSPS) is 11.7. The topological polar surface area (TPSA) is 91.2 Å². The summed E-state index contributed by atoms with van der Waals surface area (Å²) >= 11 is 0. The number of rotatable bonds is 6. The highest BCUT2D eigenvalue weighted by Crippen LogP contribution is 2.17. The van der Waals surface area contributed by atoms with Crippen LogP contribution in [0.15, 0.2) is 24.3 Å². The lowest BCUT2D eigenvalue weighted by Crippen LogP contribution is -2.37. The minimum absolute atomic E-state index is 0.0592. The first-order chi connectivity index (χ1) is 9.22. The second-order valence-corrected chi connectivity index (χ2v) is 5.01. The van der Waals surface area contributed by atoms with Gasteiger partial charge in [-0.2, -0.15) is 31.6 Å². The fourth-order valence-corrected chi connectivity index (χ4v) is 1.98. The largest absolute Gasteiger partial charge is 0.479 e. The van der Waals surface area contributed by atoms with Crippen LogP contribution in [-0.4, -0.2) is 27.7 Å². The van der Waals surface area contributed by atoms with E-state index in [2.05, 4.69) is 0 Å². The summed E-state index contributed by atoms with van der Waals surface area (Å²) in [6.07, 6.45) is -4.64. The van der Waals surface area contributed by atoms with Crippen LogP contribution in [0.25, 0.3) is 0 Å². The van der Waals surface area contributed by atoms with E-state index in [-0.39, 0.29) is 12.3 Å². The van der Waals surface area contributed by atoms with E-state index in [1.165, 1.54) is 29.0 Å². The van der Waals surface area contributed by atoms with Gasteiger partial charge in [-0.05, 0) is 24.3 Å². The van der Waals surface area contributed by atoms with Gasteiger partial charge in [0.1, 0.15) is 18.4 Å². The first-order valence-electron chi connectivity index (χ1n) is 5.16. The summed E-state index contributed by atoms with van der Waals surface area (Å²) in [6.45, 7) is -1.83. The number of nitriles is 1. The van der Waals surface area contributed by atoms with Crippen LogP contribution in [0.3, 0.4) is 0 Å². The van der Waals surface area contributed by atoms with Gasteiger partial charge in [0.2, 0.25) is 0 Å². The Hall–Kier alpha value is -1.99. The maximum Gasteiger partial charge on any atom is 0.402 e. The molecule has 1 rings (SSSR count). The molecule has 6 nitrogen and oxygen atoms in total. The van der Waals surface area contributed by atoms with Crippen LogP contribution in [0.2, 0.25) is 0 Å². The zero-order valence-electron chi connectivity index (χ0n) is 9.94. The second-order valence-electron chi connectivity index (χ2n) is 3.51. The predicted octanol–water partition coefficient (Wildman–Crippen LogP) is 1.40. The monoisotopic (exact) mass is 309 g/mol. The molecule has 0 aliphatic rings. The van der Waals surface area contributed by atoms with Crippen molar-refractivity contribution in [1.82, 2.24) is 4.72 Å². The summed E-state index contributed by atoms with van der Waals surface area (Å²) in [5, 5.41) is 8.29. The van der Waals surface area contributed by atoms with Crippen LogP contribution in [0.1, 0.15) is 0 Å². The van der Waals surface area contributed by atoms with Gasteiger partial charge in [0.05, 0.1) is 0 Å². The molecule has 0 amide bonds. The molecular weight excluding hydrogens is 299 g/mol. The average molecular weight is 309 g/mol. The van der Waals surface area contributed by atoms with Crippen molar-refractivity contribution in [1.29, 1.82) is 5.26 Å². The molecule has 10 heteroatoms. The van der Waals surface area contributed by atoms with E-state index < -0.39 is 22.9 Å². The van der Waals surface area contributed by atoms with Gasteiger partial charge >= 0.3 is 6.18 Å². The Balaban J connectivity index is 2.61. The highest BCUT2D eigenvalue weighted by Gasteiger charge is 2.29. The molecule has 0 saturated heterocycles. The maximum absolute atomic E-state index is 11.9. The van der Waals surface area contributed by atoms with Crippen molar-refractivity contribution in [2.75, 3.05) is 17.9 Å². The molecule has 1 aromatic rings. The molecule has 0 radical (unpaired) electrons. The fraction of sp³-hybridized carbons (Fsp3) is 0.300. The molecule has 20 heavy (non-hydrogen) atoms. The summed E-state index contributed by atoms with van der Waals surface area (Å²) in [4.78, 5) is 0. The highest BCUT2D eigenvalue weighted by atomic mass is 32.2. The predicted molar refractivity (Wildman–Crippen MR) is 64.2 cm³/mol. The van der Waals surface area contributed by atoms with Crippen LogP contribution < -0.4 is 14.2 Å². The second kappa shape index (κ2) is 6.44. The van der Waals surface area contributed by atoms with Crippen molar-refractivity contribution in [3.05, 3.63) is 24.3 Å². The summed E-state index contributed by atoms with van der Waals surface area (Å²) in [5.74, 6) is 0.331. The molecule has 0 aliphatic heterocycles. The Morgan fingerprint density at radius 1 is 1.25 bits per heavy atom. The number of alkyl halides is 3. The van der Waals surface area contributed by atoms with Gasteiger partial charge in [-0.3, -0.25) is 4.72 Å². The van der Waals surface area contributed by atoms with Crippen molar-refractivity contribution < 1.29 is 26.3 Å². The minimum Gasteiger partial charge on any atom is -0.479 e. The molecule has 110 valence electrons. The minimum atomic E-state index is -4.64. The van der Waals surface area contributed by atoms with Crippen LogP contribution in [-0.2, 0) is 10.2 Å². The summed E-state index contributed by atoms with van der Waals surface area (Å²) in [6, 6.07) is 7.08. The van der Waals surface area contributed by atoms with Crippen molar-refractivity contribution in [3.63, 3.8) is 0 Å². The van der Waals surface area contributed by atoms with Crippen molar-refractivity contribution in [2.45, 2.75) is 6.18 Å². The van der Waals surface area contributed by atoms with Gasteiger partial charge in [-0.25, -0.2) is 0 Å². The van der Waals surface area contributed by atoms with E-state index in [1.54, 1.807) is 6.07 Å². The van der Waals surface area contributed by atoms with Gasteiger partial charge in [0.25, 0.3) is 10.2 Å². The third-order valence-corrected chi connectivity index (χ3v) is 2.90. The number of hydrogen-bond acceptors (Lipinski definition) is 4. The number of anilines is 1. The molecule has 0 fully saturated rings. The number of nitrogens with one attached hydrogen (secondary N) is 2. The summed E-state index contributed by atoms with van der Waals surface area (Å²) in [7, 11) is -4.31. The van der Waals surface area contributed by atoms with E-state index >= 15 is 0 Å². The van der Waals surface area contributed by atoms with E-state index in [0.29, 0.717) is 5.75 Å². The molecule has 0 aliphatic carbocycles. The van der Waals surface area contributed by atoms with Gasteiger partial charge in [-0.15, -0.1) is 0 Å². The zero-order chi connectivity index (χ0) is 15.2. The Kier molecular flexibility index (Phi) is 5.18. The molecule has 2 N–H and O–H groups in total. The first-order valence-corrected chi connectivity index (χ1v) is 6.64. The van der Waals surface area contributed by atoms with Gasteiger partial charge in [0.15, 0.2) is 6.61 Å². The Labute approximate surface area is 113 Å². The van der Waals surface area contributed by atoms with Crippen molar-refractivity contribution in [3.8, 4) is 11.8 Å². The first kappa shape index (κ1) is 16.1. The van der Waals surface area contributed by atoms with E-state index in [9.17, 15) is 21.6 Å². The van der Waals surface area contributed by atoms with Gasteiger partial charge in [-0.1, -0.05) is 0 Å². The summed E-state index contributed by atoms with van der Waals surface area (Å²) < 4.78 is 66.5. The average Bonchev–Trinajstić information content (AvgIpc) is 2.35. The standard InChI is InChI=1S/C10H10F3N3O3S/c11-10(12,13)7-15-20(17,18)16-8-1-3-9(4-2-8)19-6-5-14/h1-4,15-16H,6-7H2. The quantitative estimate of drug-likeness (QED) is 0.831. The van der Waals surface area contributed by atoms with Crippen molar-refractivity contribution in [2.24, 2.45) is 0 Å². The molecule has 0 unspecified atom stereocenters. The highest BCUT2D eigenvalue weighted by molar-refractivity contribution is 7.90. The Bertz CT molecular complexity index is 578. The van der Waals surface area contributed by atoms with Gasteiger partial charge < -0.3 is 4.74 Å². The van der Waals surface area contributed by atoms with Crippen molar-refractivity contribution >= 4 is 15.9 Å². The summed E-state index contributed by atoms with van der Waals surface area (Å²) in [5.41, 5.74) is 0.0592. The van der Waals surface area contributed by atoms with E-state index in [1.807, 2.05) is 4.72 Å². The third-order valence-electron chi connectivity index (χ3n) is 1.87. The van der Waals surface area contributed by atoms with Gasteiger partial charge in [0, 0.05) is 5.69 Å². The lowest BCUT2D eigenvalue weighted by atomic mass is 10.3. The SMILES string of the molecule is N#CCOc1ccc(NS(=O)(=O)NCC(F)(F)F)cc1. The number of ether oxygens (including phenoxy) is 1. The smallest absolute Gasteiger partial charge is 0.402 e. The molecule has 0 aromatic heterocycles. The molecule has 0 atom stereocenters. The fourth-order valence-electron chi connectivity index (χ4n) is 1.10. The maximum atomic E-state index is 11.9. The van der Waals surface area contributed by atoms with Crippen LogP contribution in [0, 0.1) is 11.3 Å². The number of benzene rings is 1. The van der Waals surface area contributed by atoms with E-state index in [0.717, 1.165) is 0 Å². The lowest BCUT2D eigenvalue weighted by Gasteiger charge is -2.11. The number of hydrogen-bond donors (Lipinski definition) is 2. The molecular formula is C10H10F3N3O3S. The molecule has 0 bridgehead atoms. The lowest BCUT2D eigenvalue weighted by molar-refractivity contribution is -0.121. The van der Waals surface area contributed by atoms with Crippen LogP contribution >= 0.6 is 0 Å². The Morgan fingerprint density at radius 2 is 1.85 bits per heavy atom. The molecule has 0 saturated carbocycles. The van der Waals surface area contributed by atoms with Crippen LogP contribution in [0.5, 0.6) is 5.75 Å². The third kappa shape index (κ3) is 6.26. The molecule has 0 spiro atoms. The number of nitrogens with zero attached hydrogens (tertiary/aromatic N) is 1. The molecule has 1 aromatic carbocycles. The van der Waals surface area contributed by atoms with Crippen LogP contribution in [0.4, 0.5) is 18.9 Å². The number of halogens is 3. The molecule has 0 heterocycles.